The Kier molecular flexibility index (Phi) is 3.70. The molecule has 2 fully saturated rings. The zero-order chi connectivity index (χ0) is 12.6. The first-order valence-electron chi connectivity index (χ1n) is 6.28. The Labute approximate surface area is 102 Å². The van der Waals surface area contributed by atoms with E-state index in [2.05, 4.69) is 0 Å². The first-order chi connectivity index (χ1) is 8.06. The average molecular weight is 242 g/mol. The van der Waals surface area contributed by atoms with Crippen molar-refractivity contribution in [2.24, 2.45) is 5.92 Å². The highest BCUT2D eigenvalue weighted by molar-refractivity contribution is 5.81. The number of hydroxylamine groups is 2. The summed E-state index contributed by atoms with van der Waals surface area (Å²) in [7, 11) is 5.06. The van der Waals surface area contributed by atoms with Gasteiger partial charge in [0.1, 0.15) is 0 Å². The minimum absolute atomic E-state index is 0.0170. The molecule has 5 nitrogen and oxygen atoms in total. The number of aliphatic hydroxyl groups is 1. The third kappa shape index (κ3) is 2.19. The maximum absolute atomic E-state index is 12.1. The van der Waals surface area contributed by atoms with E-state index in [9.17, 15) is 9.90 Å². The van der Waals surface area contributed by atoms with Crippen molar-refractivity contribution in [2.45, 2.75) is 43.9 Å². The molecule has 0 aromatic rings. The summed E-state index contributed by atoms with van der Waals surface area (Å²) < 4.78 is 0. The molecule has 1 heterocycles. The van der Waals surface area contributed by atoms with Crippen LogP contribution in [0.5, 0.6) is 0 Å². The first kappa shape index (κ1) is 12.8. The third-order valence-electron chi connectivity index (χ3n) is 4.31. The van der Waals surface area contributed by atoms with Crippen molar-refractivity contribution in [2.75, 3.05) is 21.2 Å². The molecule has 0 unspecified atom stereocenters. The van der Waals surface area contributed by atoms with E-state index in [1.165, 1.54) is 12.2 Å². The van der Waals surface area contributed by atoms with Crippen LogP contribution in [0.2, 0.25) is 0 Å². The van der Waals surface area contributed by atoms with Crippen LogP contribution >= 0.6 is 0 Å². The summed E-state index contributed by atoms with van der Waals surface area (Å²) in [5.74, 6) is 0.430. The highest BCUT2D eigenvalue weighted by Gasteiger charge is 2.47. The molecule has 0 bridgehead atoms. The summed E-state index contributed by atoms with van der Waals surface area (Å²) in [5.41, 5.74) is 0. The van der Waals surface area contributed by atoms with Gasteiger partial charge in [0.05, 0.1) is 19.3 Å². The largest absolute Gasteiger partial charge is 0.391 e. The number of hydrogen-bond donors (Lipinski definition) is 1. The zero-order valence-corrected chi connectivity index (χ0v) is 10.8. The van der Waals surface area contributed by atoms with Crippen LogP contribution in [0.4, 0.5) is 0 Å². The van der Waals surface area contributed by atoms with Gasteiger partial charge in [-0.1, -0.05) is 6.42 Å². The van der Waals surface area contributed by atoms with Crippen molar-refractivity contribution >= 4 is 5.91 Å². The Hall–Kier alpha value is -0.650. The molecule has 1 saturated heterocycles. The van der Waals surface area contributed by atoms with Gasteiger partial charge in [0.25, 0.3) is 5.91 Å². The molecule has 1 N–H and O–H groups in total. The fourth-order valence-corrected chi connectivity index (χ4v) is 3.34. The molecule has 2 aliphatic rings. The van der Waals surface area contributed by atoms with Crippen molar-refractivity contribution < 1.29 is 14.7 Å². The molecule has 0 aromatic heterocycles. The second-order valence-corrected chi connectivity index (χ2v) is 5.18. The number of nitrogens with zero attached hydrogens (tertiary/aromatic N) is 2. The maximum Gasteiger partial charge on any atom is 0.263 e. The Morgan fingerprint density at radius 3 is 2.76 bits per heavy atom. The topological polar surface area (TPSA) is 53.0 Å². The lowest BCUT2D eigenvalue weighted by Crippen LogP contribution is -2.48. The van der Waals surface area contributed by atoms with Crippen molar-refractivity contribution in [1.29, 1.82) is 0 Å². The van der Waals surface area contributed by atoms with E-state index >= 15 is 0 Å². The van der Waals surface area contributed by atoms with E-state index in [1.54, 1.807) is 7.05 Å². The number of rotatable bonds is 2. The van der Waals surface area contributed by atoms with Crippen LogP contribution in [0, 0.1) is 5.92 Å². The monoisotopic (exact) mass is 242 g/mol. The number of aliphatic hydroxyl groups excluding tert-OH is 1. The van der Waals surface area contributed by atoms with Gasteiger partial charge in [-0.3, -0.25) is 14.5 Å². The number of amides is 1. The molecule has 4 atom stereocenters. The lowest BCUT2D eigenvalue weighted by Gasteiger charge is -2.35. The van der Waals surface area contributed by atoms with E-state index in [-0.39, 0.29) is 24.1 Å². The van der Waals surface area contributed by atoms with Crippen molar-refractivity contribution in [1.82, 2.24) is 9.96 Å². The number of likely N-dealkylation sites (tertiary alicyclic amines) is 1. The summed E-state index contributed by atoms with van der Waals surface area (Å²) in [5, 5.41) is 11.3. The van der Waals surface area contributed by atoms with Crippen LogP contribution in [-0.2, 0) is 9.63 Å². The maximum atomic E-state index is 12.1. The minimum atomic E-state index is -0.288. The van der Waals surface area contributed by atoms with Crippen molar-refractivity contribution in [3.8, 4) is 0 Å². The first-order valence-corrected chi connectivity index (χ1v) is 6.28. The molecular formula is C12H22N2O3. The van der Waals surface area contributed by atoms with E-state index < -0.39 is 0 Å². The lowest BCUT2D eigenvalue weighted by atomic mass is 9.83. The Balaban J connectivity index is 2.09. The van der Waals surface area contributed by atoms with Gasteiger partial charge in [0.15, 0.2) is 0 Å². The van der Waals surface area contributed by atoms with Gasteiger partial charge in [-0.25, -0.2) is 5.06 Å². The fraction of sp³-hybridized carbons (Fsp3) is 0.917. The molecule has 1 saturated carbocycles. The third-order valence-corrected chi connectivity index (χ3v) is 4.31. The van der Waals surface area contributed by atoms with E-state index in [0.717, 1.165) is 25.7 Å². The van der Waals surface area contributed by atoms with Gasteiger partial charge < -0.3 is 5.11 Å². The van der Waals surface area contributed by atoms with Crippen LogP contribution in [0.15, 0.2) is 0 Å². The van der Waals surface area contributed by atoms with Crippen molar-refractivity contribution in [3.63, 3.8) is 0 Å². The minimum Gasteiger partial charge on any atom is -0.391 e. The number of carbonyl (C=O) groups is 1. The normalized spacial score (nSPS) is 37.9. The van der Waals surface area contributed by atoms with Crippen LogP contribution in [0.25, 0.3) is 0 Å². The average Bonchev–Trinajstić information content (AvgIpc) is 2.66. The Morgan fingerprint density at radius 1 is 1.47 bits per heavy atom. The standard InChI is InChI=1S/C12H22N2O3/c1-13-9(12(16)14(2)17-3)7-8-5-4-6-10(15)11(8)13/h8-11,15H,4-7H2,1-3H3/t8-,9-,10-,11+/m0/s1. The molecule has 1 aliphatic heterocycles. The molecule has 98 valence electrons. The molecule has 0 spiro atoms. The fourth-order valence-electron chi connectivity index (χ4n) is 3.34. The SMILES string of the molecule is CON(C)C(=O)[C@@H]1C[C@@H]2CCC[C@H](O)[C@@H]2N1C. The zero-order valence-electron chi connectivity index (χ0n) is 10.8. The van der Waals surface area contributed by atoms with Crippen LogP contribution in [-0.4, -0.2) is 60.4 Å². The lowest BCUT2D eigenvalue weighted by molar-refractivity contribution is -0.173. The van der Waals surface area contributed by atoms with Gasteiger partial charge in [-0.15, -0.1) is 0 Å². The molecule has 0 aromatic carbocycles. The molecule has 1 aliphatic carbocycles. The summed E-state index contributed by atoms with van der Waals surface area (Å²) in [6.07, 6.45) is 3.59. The highest BCUT2D eigenvalue weighted by atomic mass is 16.7. The molecule has 2 rings (SSSR count). The Bertz CT molecular complexity index is 297. The predicted octanol–water partition coefficient (Wildman–Crippen LogP) is 0.240. The predicted molar refractivity (Wildman–Crippen MR) is 63.1 cm³/mol. The molecule has 17 heavy (non-hydrogen) atoms. The van der Waals surface area contributed by atoms with Gasteiger partial charge in [0.2, 0.25) is 0 Å². The molecule has 0 radical (unpaired) electrons. The number of carbonyl (C=O) groups excluding carboxylic acids is 1. The van der Waals surface area contributed by atoms with Gasteiger partial charge in [0, 0.05) is 13.1 Å². The number of hydrogen-bond acceptors (Lipinski definition) is 4. The van der Waals surface area contributed by atoms with E-state index in [4.69, 9.17) is 4.84 Å². The molecule has 5 heteroatoms. The smallest absolute Gasteiger partial charge is 0.263 e. The molecule has 1 amide bonds. The second-order valence-electron chi connectivity index (χ2n) is 5.18. The van der Waals surface area contributed by atoms with Gasteiger partial charge in [-0.05, 0) is 32.2 Å². The summed E-state index contributed by atoms with van der Waals surface area (Å²) in [4.78, 5) is 19.1. The van der Waals surface area contributed by atoms with E-state index in [0.29, 0.717) is 5.92 Å². The van der Waals surface area contributed by atoms with Crippen molar-refractivity contribution in [3.05, 3.63) is 0 Å². The highest BCUT2D eigenvalue weighted by Crippen LogP contribution is 2.39. The quantitative estimate of drug-likeness (QED) is 0.705. The summed E-state index contributed by atoms with van der Waals surface area (Å²) in [6.45, 7) is 0. The van der Waals surface area contributed by atoms with Crippen LogP contribution < -0.4 is 0 Å². The van der Waals surface area contributed by atoms with Gasteiger partial charge in [-0.2, -0.15) is 0 Å². The second kappa shape index (κ2) is 4.92. The number of likely N-dealkylation sites (N-methyl/N-ethyl adjacent to an activating group) is 2. The Morgan fingerprint density at radius 2 is 2.18 bits per heavy atom. The van der Waals surface area contributed by atoms with Crippen LogP contribution in [0.3, 0.4) is 0 Å². The van der Waals surface area contributed by atoms with Gasteiger partial charge >= 0.3 is 0 Å². The summed E-state index contributed by atoms with van der Waals surface area (Å²) in [6, 6.07) is -0.00865. The number of fused-ring (bicyclic) bond motifs is 1. The van der Waals surface area contributed by atoms with E-state index in [1.807, 2.05) is 11.9 Å². The summed E-state index contributed by atoms with van der Waals surface area (Å²) >= 11 is 0. The molecular weight excluding hydrogens is 220 g/mol. The van der Waals surface area contributed by atoms with Crippen LogP contribution in [0.1, 0.15) is 25.7 Å².